The summed E-state index contributed by atoms with van der Waals surface area (Å²) in [5.41, 5.74) is 8.59. The van der Waals surface area contributed by atoms with E-state index in [2.05, 4.69) is 47.1 Å². The van der Waals surface area contributed by atoms with Crippen molar-refractivity contribution in [2.24, 2.45) is 0 Å². The molecule has 0 saturated heterocycles. The molecule has 2 aromatic carbocycles. The number of anilines is 2. The summed E-state index contributed by atoms with van der Waals surface area (Å²) < 4.78 is 36.0. The number of carbonyl (C=O) groups excluding carboxylic acids is 1. The van der Waals surface area contributed by atoms with Gasteiger partial charge in [-0.15, -0.1) is 0 Å². The maximum atomic E-state index is 12.7. The molecule has 6 rings (SSSR count). The fraction of sp³-hybridized carbons (Fsp3) is 0.222. The third kappa shape index (κ3) is 10.2. The number of aromatic nitrogens is 4. The third-order valence-corrected chi connectivity index (χ3v) is 7.94. The number of nitrogens with one attached hydrogen (secondary N) is 1. The van der Waals surface area contributed by atoms with Gasteiger partial charge in [0.25, 0.3) is 5.91 Å². The molecule has 0 radical (unpaired) electrons. The second kappa shape index (κ2) is 19.8. The average molecular weight is 863 g/mol. The first kappa shape index (κ1) is 43.5. The van der Waals surface area contributed by atoms with E-state index in [0.29, 0.717) is 62.9 Å². The number of methoxy groups -OCH3 is 6. The van der Waals surface area contributed by atoms with Gasteiger partial charge in [0.15, 0.2) is 28.7 Å². The summed E-state index contributed by atoms with van der Waals surface area (Å²) in [5.74, 6) is 1.78. The number of amides is 1. The number of carboxylic acids is 1. The first-order valence-corrected chi connectivity index (χ1v) is 16.2. The Morgan fingerprint density at radius 1 is 0.660 bits per heavy atom. The van der Waals surface area contributed by atoms with E-state index in [-0.39, 0.29) is 26.5 Å². The lowest BCUT2D eigenvalue weighted by Gasteiger charge is -2.14. The molecule has 4 aromatic heterocycles. The molecule has 0 spiro atoms. The molecule has 0 aliphatic rings. The summed E-state index contributed by atoms with van der Waals surface area (Å²) >= 11 is 6.65. The molecule has 0 aliphatic heterocycles. The number of nitrogen functional groups attached to an aromatic ring is 1. The Bertz CT molecular complexity index is 2120. The topological polar surface area (TPSA) is 182 Å². The van der Waals surface area contributed by atoms with Crippen molar-refractivity contribution in [3.8, 4) is 34.5 Å². The SMILES string of the molecule is C.C.COc1cc(N)cc(OC)c1OC.COc1cc(NC(=O)c2cnc3ccc(Br)cn23)cc(OC)c1OC.O=C(O)c1cnc2ccc(Br)cn12. The number of hydrogen-bond acceptors (Lipinski definition) is 11. The Kier molecular flexibility index (Phi) is 16.2. The Hall–Kier alpha value is -5.68. The average Bonchev–Trinajstić information content (AvgIpc) is 3.75. The number of imidazole rings is 2. The van der Waals surface area contributed by atoms with Crippen molar-refractivity contribution in [1.82, 2.24) is 18.8 Å². The lowest BCUT2D eigenvalue weighted by atomic mass is 10.2. The first-order chi connectivity index (χ1) is 24.5. The van der Waals surface area contributed by atoms with Crippen LogP contribution in [0.15, 0.2) is 82.3 Å². The summed E-state index contributed by atoms with van der Waals surface area (Å²) in [6.45, 7) is 0. The predicted octanol–water partition coefficient (Wildman–Crippen LogP) is 7.74. The van der Waals surface area contributed by atoms with Crippen molar-refractivity contribution in [3.63, 3.8) is 0 Å². The highest BCUT2D eigenvalue weighted by Crippen LogP contribution is 2.40. The summed E-state index contributed by atoms with van der Waals surface area (Å²) in [4.78, 5) is 31.5. The van der Waals surface area contributed by atoms with Crippen molar-refractivity contribution in [2.45, 2.75) is 14.9 Å². The quantitative estimate of drug-likeness (QED) is 0.121. The number of fused-ring (bicyclic) bond motifs is 2. The molecule has 1 amide bonds. The number of benzene rings is 2. The van der Waals surface area contributed by atoms with Gasteiger partial charge in [0.05, 0.1) is 55.1 Å². The molecule has 53 heavy (non-hydrogen) atoms. The zero-order valence-corrected chi connectivity index (χ0v) is 31.4. The maximum absolute atomic E-state index is 12.7. The zero-order valence-electron chi connectivity index (χ0n) is 28.3. The second-order valence-electron chi connectivity index (χ2n) is 10.1. The highest BCUT2D eigenvalue weighted by Gasteiger charge is 2.17. The molecular weight excluding hydrogens is 820 g/mol. The molecule has 0 fully saturated rings. The van der Waals surface area contributed by atoms with Crippen LogP contribution in [0.4, 0.5) is 11.4 Å². The fourth-order valence-corrected chi connectivity index (χ4v) is 5.36. The minimum Gasteiger partial charge on any atom is -0.493 e. The molecule has 4 N–H and O–H groups in total. The van der Waals surface area contributed by atoms with Gasteiger partial charge in [0.1, 0.15) is 17.0 Å². The van der Waals surface area contributed by atoms with Crippen LogP contribution >= 0.6 is 31.9 Å². The van der Waals surface area contributed by atoms with Crippen LogP contribution in [0.5, 0.6) is 34.5 Å². The summed E-state index contributed by atoms with van der Waals surface area (Å²) in [6, 6.07) is 13.9. The van der Waals surface area contributed by atoms with Crippen LogP contribution in [0.2, 0.25) is 0 Å². The number of nitrogens with two attached hydrogens (primary N) is 1. The van der Waals surface area contributed by atoms with E-state index < -0.39 is 5.97 Å². The van der Waals surface area contributed by atoms with Gasteiger partial charge >= 0.3 is 5.97 Å². The Balaban J connectivity index is 0.000000295. The number of halogens is 2. The standard InChI is InChI=1S/C17H16BrN3O4.C9H13NO3.C8H5BrN2O2.2CH4/c1-23-13-6-11(7-14(24-2)16(13)25-3)20-17(22)12-8-19-15-5-4-10(18)9-21(12)15;1-11-7-4-6(10)5-8(12-2)9(7)13-3;9-5-1-2-7-10-3-6(8(12)13)11(7)4-5;;/h4-9H,1-3H3,(H,20,22);4-5H,10H2,1-3H3;1-4H,(H,12,13);2*1H4. The lowest BCUT2D eigenvalue weighted by Crippen LogP contribution is -2.14. The second-order valence-corrected chi connectivity index (χ2v) is 11.9. The summed E-state index contributed by atoms with van der Waals surface area (Å²) in [7, 11) is 9.22. The Morgan fingerprint density at radius 3 is 1.45 bits per heavy atom. The van der Waals surface area contributed by atoms with Crippen molar-refractivity contribution in [2.75, 3.05) is 53.7 Å². The molecule has 6 aromatic rings. The van der Waals surface area contributed by atoms with Crippen LogP contribution in [0.25, 0.3) is 11.3 Å². The van der Waals surface area contributed by atoms with Crippen molar-refractivity contribution in [1.29, 1.82) is 0 Å². The van der Waals surface area contributed by atoms with Crippen molar-refractivity contribution >= 4 is 66.4 Å². The van der Waals surface area contributed by atoms with Gasteiger partial charge in [-0.05, 0) is 56.1 Å². The molecule has 0 unspecified atom stereocenters. The van der Waals surface area contributed by atoms with Gasteiger partial charge in [-0.3, -0.25) is 13.6 Å². The molecule has 284 valence electrons. The van der Waals surface area contributed by atoms with E-state index in [4.69, 9.17) is 39.3 Å². The molecule has 0 aliphatic carbocycles. The molecule has 0 bridgehead atoms. The molecule has 0 atom stereocenters. The third-order valence-electron chi connectivity index (χ3n) is 7.00. The van der Waals surface area contributed by atoms with Gasteiger partial charge < -0.3 is 44.6 Å². The van der Waals surface area contributed by atoms with Gasteiger partial charge in [-0.1, -0.05) is 14.9 Å². The highest BCUT2D eigenvalue weighted by molar-refractivity contribution is 9.10. The van der Waals surface area contributed by atoms with E-state index in [1.54, 1.807) is 68.5 Å². The number of hydrogen-bond donors (Lipinski definition) is 3. The van der Waals surface area contributed by atoms with Crippen molar-refractivity contribution in [3.05, 3.63) is 93.7 Å². The number of aromatic carboxylic acids is 1. The van der Waals surface area contributed by atoms with Crippen LogP contribution in [-0.4, -0.2) is 78.4 Å². The number of rotatable bonds is 9. The smallest absolute Gasteiger partial charge is 0.354 e. The number of carbonyl (C=O) groups is 2. The number of ether oxygens (including phenoxy) is 6. The number of pyridine rings is 2. The van der Waals surface area contributed by atoms with E-state index in [1.807, 2.05) is 18.2 Å². The van der Waals surface area contributed by atoms with Crippen LogP contribution < -0.4 is 39.5 Å². The minimum absolute atomic E-state index is 0. The van der Waals surface area contributed by atoms with Crippen LogP contribution in [0.3, 0.4) is 0 Å². The Labute approximate surface area is 323 Å². The first-order valence-electron chi connectivity index (χ1n) is 14.6. The molecular formula is C36H42Br2N6O9. The molecule has 0 saturated carbocycles. The highest BCUT2D eigenvalue weighted by atomic mass is 79.9. The van der Waals surface area contributed by atoms with Gasteiger partial charge in [0, 0.05) is 57.0 Å². The van der Waals surface area contributed by atoms with Crippen LogP contribution in [-0.2, 0) is 0 Å². The van der Waals surface area contributed by atoms with Crippen molar-refractivity contribution < 1.29 is 43.1 Å². The zero-order chi connectivity index (χ0) is 37.2. The lowest BCUT2D eigenvalue weighted by molar-refractivity contribution is 0.0689. The van der Waals surface area contributed by atoms with E-state index >= 15 is 0 Å². The van der Waals surface area contributed by atoms with E-state index in [1.165, 1.54) is 38.1 Å². The predicted molar refractivity (Wildman–Crippen MR) is 211 cm³/mol. The van der Waals surface area contributed by atoms with Gasteiger partial charge in [-0.25, -0.2) is 14.8 Å². The van der Waals surface area contributed by atoms with Crippen LogP contribution in [0.1, 0.15) is 35.8 Å². The summed E-state index contributed by atoms with van der Waals surface area (Å²) in [5, 5.41) is 11.6. The molecule has 17 heteroatoms. The monoisotopic (exact) mass is 860 g/mol. The largest absolute Gasteiger partial charge is 0.493 e. The van der Waals surface area contributed by atoms with Gasteiger partial charge in [0.2, 0.25) is 11.5 Å². The summed E-state index contributed by atoms with van der Waals surface area (Å²) in [6.07, 6.45) is 6.32. The minimum atomic E-state index is -0.981. The van der Waals surface area contributed by atoms with Gasteiger partial charge in [-0.2, -0.15) is 0 Å². The molecule has 15 nitrogen and oxygen atoms in total. The normalized spacial score (nSPS) is 9.89. The number of carboxylic acid groups (broad SMARTS) is 1. The van der Waals surface area contributed by atoms with E-state index in [9.17, 15) is 9.59 Å². The fourth-order valence-electron chi connectivity index (χ4n) is 4.69. The Morgan fingerprint density at radius 2 is 1.06 bits per heavy atom. The molecule has 4 heterocycles. The maximum Gasteiger partial charge on any atom is 0.354 e. The van der Waals surface area contributed by atoms with E-state index in [0.717, 1.165) is 8.95 Å². The number of nitrogens with zero attached hydrogens (tertiary/aromatic N) is 4. The van der Waals surface area contributed by atoms with Crippen LogP contribution in [0, 0.1) is 0 Å².